The van der Waals surface area contributed by atoms with Gasteiger partial charge in [-0.05, 0) is 55.4 Å². The van der Waals surface area contributed by atoms with Crippen LogP contribution in [0.25, 0.3) is 0 Å². The van der Waals surface area contributed by atoms with Crippen molar-refractivity contribution in [2.75, 3.05) is 32.1 Å². The maximum absolute atomic E-state index is 13.0. The van der Waals surface area contributed by atoms with Gasteiger partial charge in [0.15, 0.2) is 0 Å². The van der Waals surface area contributed by atoms with Crippen LogP contribution in [-0.2, 0) is 22.0 Å². The third-order valence-corrected chi connectivity index (χ3v) is 8.63. The molecule has 1 amide bonds. The number of anilines is 1. The molecule has 1 saturated carbocycles. The van der Waals surface area contributed by atoms with Crippen molar-refractivity contribution in [1.29, 1.82) is 0 Å². The molecule has 0 aliphatic heterocycles. The summed E-state index contributed by atoms with van der Waals surface area (Å²) in [7, 11) is -2.14. The lowest BCUT2D eigenvalue weighted by Crippen LogP contribution is -2.49. The normalized spacial score (nSPS) is 19.1. The van der Waals surface area contributed by atoms with Gasteiger partial charge in [0.2, 0.25) is 5.95 Å². The number of para-hydroxylation sites is 1. The van der Waals surface area contributed by atoms with Crippen LogP contribution < -0.4 is 24.8 Å². The standard InChI is InChI=1S/C29H38N6O4S/c1-3-22-19-31-28(32-20-22)30-17-18-34-40(37,38)35-24-13-15-29(16-14-24,23-9-5-4-6-10-23)21-33-27(36)25-11-7-8-12-26(25)39-2/h4-12,19-20,24,34-35H,3,13-18,21H2,1-2H3,(H,33,36)(H,30,31,32). The Kier molecular flexibility index (Phi) is 10.1. The van der Waals surface area contributed by atoms with Crippen molar-refractivity contribution in [1.82, 2.24) is 24.7 Å². The van der Waals surface area contributed by atoms with Gasteiger partial charge in [0, 0.05) is 43.5 Å². The average Bonchev–Trinajstić information content (AvgIpc) is 2.99. The molecule has 4 N–H and O–H groups in total. The number of benzene rings is 2. The Morgan fingerprint density at radius 1 is 1.00 bits per heavy atom. The number of nitrogens with one attached hydrogen (secondary N) is 4. The zero-order chi connectivity index (χ0) is 28.4. The van der Waals surface area contributed by atoms with Crippen molar-refractivity contribution in [3.05, 3.63) is 83.7 Å². The SMILES string of the molecule is CCc1cnc(NCCNS(=O)(=O)NC2CCC(CNC(=O)c3ccccc3OC)(c3ccccc3)CC2)nc1. The summed E-state index contributed by atoms with van der Waals surface area (Å²) in [5, 5.41) is 6.14. The molecule has 1 aromatic heterocycles. The van der Waals surface area contributed by atoms with Crippen molar-refractivity contribution in [3.8, 4) is 5.75 Å². The van der Waals surface area contributed by atoms with E-state index in [4.69, 9.17) is 4.74 Å². The van der Waals surface area contributed by atoms with Crippen molar-refractivity contribution in [2.24, 2.45) is 0 Å². The van der Waals surface area contributed by atoms with Crippen molar-refractivity contribution < 1.29 is 17.9 Å². The molecule has 40 heavy (non-hydrogen) atoms. The molecule has 1 fully saturated rings. The minimum Gasteiger partial charge on any atom is -0.496 e. The number of rotatable bonds is 13. The second-order valence-corrected chi connectivity index (χ2v) is 11.5. The monoisotopic (exact) mass is 566 g/mol. The molecular weight excluding hydrogens is 528 g/mol. The van der Waals surface area contributed by atoms with Crippen LogP contribution in [0.4, 0.5) is 5.95 Å². The summed E-state index contributed by atoms with van der Waals surface area (Å²) in [4.78, 5) is 21.5. The molecule has 4 rings (SSSR count). The van der Waals surface area contributed by atoms with Crippen LogP contribution in [0.2, 0.25) is 0 Å². The van der Waals surface area contributed by atoms with Crippen LogP contribution in [0.3, 0.4) is 0 Å². The smallest absolute Gasteiger partial charge is 0.277 e. The molecule has 1 heterocycles. The highest BCUT2D eigenvalue weighted by atomic mass is 32.2. The molecule has 0 atom stereocenters. The van der Waals surface area contributed by atoms with E-state index in [2.05, 4.69) is 42.2 Å². The highest BCUT2D eigenvalue weighted by Gasteiger charge is 2.38. The van der Waals surface area contributed by atoms with E-state index in [1.807, 2.05) is 37.3 Å². The first-order valence-electron chi connectivity index (χ1n) is 13.6. The number of carbonyl (C=O) groups is 1. The van der Waals surface area contributed by atoms with Gasteiger partial charge >= 0.3 is 0 Å². The molecule has 0 spiro atoms. The first-order chi connectivity index (χ1) is 19.3. The molecule has 11 heteroatoms. The molecule has 0 saturated heterocycles. The van der Waals surface area contributed by atoms with Crippen LogP contribution >= 0.6 is 0 Å². The van der Waals surface area contributed by atoms with Crippen LogP contribution in [0, 0.1) is 0 Å². The second-order valence-electron chi connectivity index (χ2n) is 10.0. The van der Waals surface area contributed by atoms with Crippen molar-refractivity contribution in [3.63, 3.8) is 0 Å². The van der Waals surface area contributed by atoms with Gasteiger partial charge in [-0.15, -0.1) is 0 Å². The summed E-state index contributed by atoms with van der Waals surface area (Å²) in [6.45, 7) is 3.03. The molecule has 3 aromatic rings. The predicted octanol–water partition coefficient (Wildman–Crippen LogP) is 3.19. The summed E-state index contributed by atoms with van der Waals surface area (Å²) in [6, 6.07) is 17.1. The lowest BCUT2D eigenvalue weighted by atomic mass is 9.68. The first kappa shape index (κ1) is 29.4. The summed E-state index contributed by atoms with van der Waals surface area (Å²) < 4.78 is 36.2. The highest BCUT2D eigenvalue weighted by Crippen LogP contribution is 2.39. The zero-order valence-corrected chi connectivity index (χ0v) is 23.8. The van der Waals surface area contributed by atoms with E-state index in [9.17, 15) is 13.2 Å². The summed E-state index contributed by atoms with van der Waals surface area (Å²) >= 11 is 0. The largest absolute Gasteiger partial charge is 0.496 e. The third kappa shape index (κ3) is 7.77. The lowest BCUT2D eigenvalue weighted by molar-refractivity contribution is 0.0932. The Balaban J connectivity index is 1.31. The van der Waals surface area contributed by atoms with E-state index >= 15 is 0 Å². The van der Waals surface area contributed by atoms with Crippen molar-refractivity contribution in [2.45, 2.75) is 50.5 Å². The maximum Gasteiger partial charge on any atom is 0.277 e. The Bertz CT molecular complexity index is 1340. The Morgan fingerprint density at radius 3 is 2.35 bits per heavy atom. The first-order valence-corrected chi connectivity index (χ1v) is 15.1. The molecular formula is C29H38N6O4S. The van der Waals surface area contributed by atoms with Gasteiger partial charge in [-0.2, -0.15) is 13.1 Å². The van der Waals surface area contributed by atoms with Gasteiger partial charge in [0.1, 0.15) is 5.75 Å². The maximum atomic E-state index is 13.0. The Labute approximate surface area is 236 Å². The molecule has 0 radical (unpaired) electrons. The van der Waals surface area contributed by atoms with Crippen LogP contribution in [0.5, 0.6) is 5.75 Å². The number of hydrogen-bond donors (Lipinski definition) is 4. The number of carbonyl (C=O) groups excluding carboxylic acids is 1. The second kappa shape index (κ2) is 13.7. The Morgan fingerprint density at radius 2 is 1.68 bits per heavy atom. The fraction of sp³-hybridized carbons (Fsp3) is 0.414. The van der Waals surface area contributed by atoms with Gasteiger partial charge in [-0.25, -0.2) is 14.7 Å². The van der Waals surface area contributed by atoms with Gasteiger partial charge < -0.3 is 15.4 Å². The third-order valence-electron chi connectivity index (χ3n) is 7.40. The average molecular weight is 567 g/mol. The number of amides is 1. The number of ether oxygens (including phenoxy) is 1. The number of aromatic nitrogens is 2. The molecule has 2 aromatic carbocycles. The minimum atomic E-state index is -3.68. The zero-order valence-electron chi connectivity index (χ0n) is 23.0. The summed E-state index contributed by atoms with van der Waals surface area (Å²) in [6.07, 6.45) is 7.11. The van der Waals surface area contributed by atoms with Crippen LogP contribution in [-0.4, -0.2) is 57.1 Å². The molecule has 0 bridgehead atoms. The number of hydrogen-bond acceptors (Lipinski definition) is 7. The molecule has 214 valence electrons. The predicted molar refractivity (Wildman–Crippen MR) is 156 cm³/mol. The van der Waals surface area contributed by atoms with E-state index in [0.717, 1.165) is 30.4 Å². The van der Waals surface area contributed by atoms with Crippen molar-refractivity contribution >= 4 is 22.1 Å². The van der Waals surface area contributed by atoms with Gasteiger partial charge in [-0.3, -0.25) is 4.79 Å². The minimum absolute atomic E-state index is 0.194. The lowest BCUT2D eigenvalue weighted by Gasteiger charge is -2.41. The van der Waals surface area contributed by atoms with E-state index in [1.54, 1.807) is 31.6 Å². The number of nitrogens with zero attached hydrogens (tertiary/aromatic N) is 2. The van der Waals surface area contributed by atoms with E-state index < -0.39 is 10.2 Å². The summed E-state index contributed by atoms with van der Waals surface area (Å²) in [5.41, 5.74) is 2.36. The molecule has 1 aliphatic carbocycles. The fourth-order valence-corrected chi connectivity index (χ4v) is 6.20. The number of aryl methyl sites for hydroxylation is 1. The fourth-order valence-electron chi connectivity index (χ4n) is 5.07. The van der Waals surface area contributed by atoms with Gasteiger partial charge in [0.25, 0.3) is 16.1 Å². The van der Waals surface area contributed by atoms with Crippen LogP contribution in [0.15, 0.2) is 67.0 Å². The van der Waals surface area contributed by atoms with E-state index in [-0.39, 0.29) is 23.9 Å². The Hall–Kier alpha value is -3.54. The quantitative estimate of drug-likeness (QED) is 0.234. The molecule has 1 aliphatic rings. The molecule has 10 nitrogen and oxygen atoms in total. The van der Waals surface area contributed by atoms with E-state index in [1.165, 1.54) is 0 Å². The highest BCUT2D eigenvalue weighted by molar-refractivity contribution is 7.87. The van der Waals surface area contributed by atoms with Gasteiger partial charge in [-0.1, -0.05) is 49.4 Å². The van der Waals surface area contributed by atoms with E-state index in [0.29, 0.717) is 43.2 Å². The number of methoxy groups -OCH3 is 1. The summed E-state index contributed by atoms with van der Waals surface area (Å²) in [5.74, 6) is 0.795. The van der Waals surface area contributed by atoms with Crippen LogP contribution in [0.1, 0.15) is 54.1 Å². The topological polar surface area (TPSA) is 134 Å². The molecule has 0 unspecified atom stereocenters. The van der Waals surface area contributed by atoms with Gasteiger partial charge in [0.05, 0.1) is 12.7 Å².